The third-order valence-corrected chi connectivity index (χ3v) is 3.34. The van der Waals surface area contributed by atoms with E-state index in [-0.39, 0.29) is 12.0 Å². The van der Waals surface area contributed by atoms with E-state index in [9.17, 15) is 4.79 Å². The SMILES string of the molecule is CCCCNC(=O)c1ccnc(Nc2ccc(OC(C)C)cc2)c1. The Balaban J connectivity index is 1.99. The predicted molar refractivity (Wildman–Crippen MR) is 97.0 cm³/mol. The number of unbranched alkanes of at least 4 members (excludes halogenated alkanes) is 1. The molecular weight excluding hydrogens is 302 g/mol. The first-order valence-corrected chi connectivity index (χ1v) is 8.36. The summed E-state index contributed by atoms with van der Waals surface area (Å²) >= 11 is 0. The summed E-state index contributed by atoms with van der Waals surface area (Å²) in [6.07, 6.45) is 3.81. The molecule has 0 fully saturated rings. The van der Waals surface area contributed by atoms with Gasteiger partial charge in [0.25, 0.3) is 5.91 Å². The largest absolute Gasteiger partial charge is 0.491 e. The van der Waals surface area contributed by atoms with Crippen LogP contribution >= 0.6 is 0 Å². The molecule has 1 aromatic carbocycles. The monoisotopic (exact) mass is 327 g/mol. The van der Waals surface area contributed by atoms with E-state index in [2.05, 4.69) is 22.5 Å². The number of pyridine rings is 1. The second kappa shape index (κ2) is 8.91. The molecule has 2 aromatic rings. The number of nitrogens with one attached hydrogen (secondary N) is 2. The van der Waals surface area contributed by atoms with Gasteiger partial charge in [0.1, 0.15) is 11.6 Å². The highest BCUT2D eigenvalue weighted by Crippen LogP contribution is 2.20. The lowest BCUT2D eigenvalue weighted by Gasteiger charge is -2.11. The number of anilines is 2. The second-order valence-corrected chi connectivity index (χ2v) is 5.86. The van der Waals surface area contributed by atoms with Crippen LogP contribution in [-0.2, 0) is 0 Å². The summed E-state index contributed by atoms with van der Waals surface area (Å²) in [7, 11) is 0. The zero-order valence-corrected chi connectivity index (χ0v) is 14.5. The number of amides is 1. The van der Waals surface area contributed by atoms with Crippen molar-refractivity contribution in [1.82, 2.24) is 10.3 Å². The van der Waals surface area contributed by atoms with Crippen molar-refractivity contribution in [1.29, 1.82) is 0 Å². The van der Waals surface area contributed by atoms with E-state index in [1.54, 1.807) is 18.3 Å². The van der Waals surface area contributed by atoms with Crippen molar-refractivity contribution in [3.63, 3.8) is 0 Å². The first kappa shape index (κ1) is 17.8. The van der Waals surface area contributed by atoms with Crippen LogP contribution in [-0.4, -0.2) is 23.5 Å². The van der Waals surface area contributed by atoms with E-state index < -0.39 is 0 Å². The van der Waals surface area contributed by atoms with Gasteiger partial charge in [-0.25, -0.2) is 4.98 Å². The fraction of sp³-hybridized carbons (Fsp3) is 0.368. The summed E-state index contributed by atoms with van der Waals surface area (Å²) < 4.78 is 5.62. The lowest BCUT2D eigenvalue weighted by Crippen LogP contribution is -2.24. The van der Waals surface area contributed by atoms with Gasteiger partial charge in [0.05, 0.1) is 6.10 Å². The van der Waals surface area contributed by atoms with E-state index in [0.29, 0.717) is 17.9 Å². The fourth-order valence-electron chi connectivity index (χ4n) is 2.16. The number of carbonyl (C=O) groups is 1. The highest BCUT2D eigenvalue weighted by atomic mass is 16.5. The Labute approximate surface area is 143 Å². The minimum atomic E-state index is -0.0745. The van der Waals surface area contributed by atoms with Crippen LogP contribution in [0.2, 0.25) is 0 Å². The van der Waals surface area contributed by atoms with Crippen LogP contribution in [0.1, 0.15) is 44.0 Å². The Morgan fingerprint density at radius 1 is 1.21 bits per heavy atom. The summed E-state index contributed by atoms with van der Waals surface area (Å²) in [6, 6.07) is 11.1. The van der Waals surface area contributed by atoms with Gasteiger partial charge in [-0.2, -0.15) is 0 Å². The molecule has 24 heavy (non-hydrogen) atoms. The smallest absolute Gasteiger partial charge is 0.251 e. The number of carbonyl (C=O) groups excluding carboxylic acids is 1. The van der Waals surface area contributed by atoms with Crippen LogP contribution in [0.5, 0.6) is 5.75 Å². The molecular formula is C19H25N3O2. The summed E-state index contributed by atoms with van der Waals surface area (Å²) in [6.45, 7) is 6.77. The van der Waals surface area contributed by atoms with E-state index in [4.69, 9.17) is 4.74 Å². The molecule has 0 radical (unpaired) electrons. The van der Waals surface area contributed by atoms with Crippen LogP contribution in [0, 0.1) is 0 Å². The van der Waals surface area contributed by atoms with Gasteiger partial charge in [-0.05, 0) is 56.7 Å². The van der Waals surface area contributed by atoms with Crippen LogP contribution < -0.4 is 15.4 Å². The molecule has 2 rings (SSSR count). The van der Waals surface area contributed by atoms with Gasteiger partial charge in [-0.3, -0.25) is 4.79 Å². The molecule has 0 spiro atoms. The van der Waals surface area contributed by atoms with Crippen molar-refractivity contribution in [2.45, 2.75) is 39.7 Å². The molecule has 0 bridgehead atoms. The number of rotatable bonds is 8. The average molecular weight is 327 g/mol. The number of benzene rings is 1. The molecule has 0 aliphatic heterocycles. The molecule has 0 aliphatic rings. The summed E-state index contributed by atoms with van der Waals surface area (Å²) in [5, 5.41) is 6.11. The van der Waals surface area contributed by atoms with Gasteiger partial charge in [0, 0.05) is 24.0 Å². The molecule has 0 saturated heterocycles. The van der Waals surface area contributed by atoms with E-state index in [1.807, 2.05) is 38.1 Å². The molecule has 1 aromatic heterocycles. The minimum Gasteiger partial charge on any atom is -0.491 e. The Bertz CT molecular complexity index is 654. The predicted octanol–water partition coefficient (Wildman–Crippen LogP) is 4.14. The number of nitrogens with zero attached hydrogens (tertiary/aromatic N) is 1. The quantitative estimate of drug-likeness (QED) is 0.715. The zero-order chi connectivity index (χ0) is 17.4. The summed E-state index contributed by atoms with van der Waals surface area (Å²) in [5.74, 6) is 1.39. The first-order chi connectivity index (χ1) is 11.6. The molecule has 0 unspecified atom stereocenters. The van der Waals surface area contributed by atoms with Crippen molar-refractivity contribution in [2.75, 3.05) is 11.9 Å². The average Bonchev–Trinajstić information content (AvgIpc) is 2.56. The third kappa shape index (κ3) is 5.57. The molecule has 1 amide bonds. The Morgan fingerprint density at radius 2 is 1.96 bits per heavy atom. The topological polar surface area (TPSA) is 63.2 Å². The van der Waals surface area contributed by atoms with Crippen molar-refractivity contribution >= 4 is 17.4 Å². The number of hydrogen-bond acceptors (Lipinski definition) is 4. The zero-order valence-electron chi connectivity index (χ0n) is 14.5. The highest BCUT2D eigenvalue weighted by Gasteiger charge is 2.06. The van der Waals surface area contributed by atoms with Gasteiger partial charge in [-0.15, -0.1) is 0 Å². The van der Waals surface area contributed by atoms with E-state index in [1.165, 1.54) is 0 Å². The molecule has 0 saturated carbocycles. The molecule has 5 heteroatoms. The Hall–Kier alpha value is -2.56. The van der Waals surface area contributed by atoms with Gasteiger partial charge in [0.2, 0.25) is 0 Å². The first-order valence-electron chi connectivity index (χ1n) is 8.36. The number of hydrogen-bond donors (Lipinski definition) is 2. The van der Waals surface area contributed by atoms with E-state index in [0.717, 1.165) is 24.3 Å². The van der Waals surface area contributed by atoms with Gasteiger partial charge < -0.3 is 15.4 Å². The summed E-state index contributed by atoms with van der Waals surface area (Å²) in [4.78, 5) is 16.4. The second-order valence-electron chi connectivity index (χ2n) is 5.86. The van der Waals surface area contributed by atoms with Gasteiger partial charge >= 0.3 is 0 Å². The standard InChI is InChI=1S/C19H25N3O2/c1-4-5-11-21-19(23)15-10-12-20-18(13-15)22-16-6-8-17(9-7-16)24-14(2)3/h6-10,12-14H,4-5,11H2,1-3H3,(H,20,22)(H,21,23). The molecule has 2 N–H and O–H groups in total. The Morgan fingerprint density at radius 3 is 2.62 bits per heavy atom. The molecule has 0 atom stereocenters. The van der Waals surface area contributed by atoms with Crippen molar-refractivity contribution < 1.29 is 9.53 Å². The molecule has 0 aliphatic carbocycles. The van der Waals surface area contributed by atoms with Gasteiger partial charge in [0.15, 0.2) is 0 Å². The van der Waals surface area contributed by atoms with Crippen molar-refractivity contribution in [2.24, 2.45) is 0 Å². The molecule has 128 valence electrons. The van der Waals surface area contributed by atoms with Crippen LogP contribution in [0.15, 0.2) is 42.6 Å². The van der Waals surface area contributed by atoms with Crippen LogP contribution in [0.4, 0.5) is 11.5 Å². The Kier molecular flexibility index (Phi) is 6.61. The van der Waals surface area contributed by atoms with Crippen molar-refractivity contribution in [3.8, 4) is 5.75 Å². The maximum absolute atomic E-state index is 12.1. The third-order valence-electron chi connectivity index (χ3n) is 3.34. The van der Waals surface area contributed by atoms with Crippen LogP contribution in [0.3, 0.4) is 0 Å². The van der Waals surface area contributed by atoms with Crippen molar-refractivity contribution in [3.05, 3.63) is 48.2 Å². The van der Waals surface area contributed by atoms with Gasteiger partial charge in [-0.1, -0.05) is 13.3 Å². The minimum absolute atomic E-state index is 0.0745. The molecule has 1 heterocycles. The summed E-state index contributed by atoms with van der Waals surface area (Å²) in [5.41, 5.74) is 1.49. The fourth-order valence-corrected chi connectivity index (χ4v) is 2.16. The highest BCUT2D eigenvalue weighted by molar-refractivity contribution is 5.94. The number of aromatic nitrogens is 1. The normalized spacial score (nSPS) is 10.5. The molecule has 5 nitrogen and oxygen atoms in total. The maximum Gasteiger partial charge on any atom is 0.251 e. The lowest BCUT2D eigenvalue weighted by molar-refractivity contribution is 0.0953. The maximum atomic E-state index is 12.1. The number of ether oxygens (including phenoxy) is 1. The van der Waals surface area contributed by atoms with Crippen LogP contribution in [0.25, 0.3) is 0 Å². The lowest BCUT2D eigenvalue weighted by atomic mass is 10.2. The van der Waals surface area contributed by atoms with E-state index >= 15 is 0 Å².